The van der Waals surface area contributed by atoms with Crippen LogP contribution in [0.1, 0.15) is 25.3 Å². The number of nitrogens with one attached hydrogen (secondary N) is 1. The average Bonchev–Trinajstić information content (AvgIpc) is 2.95. The molecule has 1 aliphatic rings. The number of ether oxygens (including phenoxy) is 1. The van der Waals surface area contributed by atoms with Gasteiger partial charge in [0.1, 0.15) is 18.7 Å². The maximum atomic E-state index is 12.1. The lowest BCUT2D eigenvalue weighted by molar-refractivity contribution is -0.154. The molecular weight excluding hydrogens is 300 g/mol. The first-order valence-corrected chi connectivity index (χ1v) is 7.42. The van der Waals surface area contributed by atoms with E-state index >= 15 is 0 Å². The minimum absolute atomic E-state index is 0.109. The van der Waals surface area contributed by atoms with Crippen molar-refractivity contribution in [2.75, 3.05) is 13.1 Å². The highest BCUT2D eigenvalue weighted by Gasteiger charge is 2.45. The van der Waals surface area contributed by atoms with E-state index < -0.39 is 23.5 Å². The van der Waals surface area contributed by atoms with Crippen LogP contribution >= 0.6 is 0 Å². The minimum Gasteiger partial charge on any atom is -0.480 e. The van der Waals surface area contributed by atoms with Crippen LogP contribution in [0.3, 0.4) is 0 Å². The van der Waals surface area contributed by atoms with Crippen molar-refractivity contribution in [3.05, 3.63) is 35.9 Å². The zero-order valence-electron chi connectivity index (χ0n) is 12.9. The van der Waals surface area contributed by atoms with Gasteiger partial charge in [-0.1, -0.05) is 30.3 Å². The number of aliphatic carboxylic acids is 1. The van der Waals surface area contributed by atoms with E-state index in [1.807, 2.05) is 30.3 Å². The molecule has 0 spiro atoms. The average molecular weight is 320 g/mol. The summed E-state index contributed by atoms with van der Waals surface area (Å²) < 4.78 is 5.00. The Bertz CT molecular complexity index is 589. The van der Waals surface area contributed by atoms with Gasteiger partial charge in [0, 0.05) is 6.54 Å². The Labute approximate surface area is 134 Å². The smallest absolute Gasteiger partial charge is 0.407 e. The van der Waals surface area contributed by atoms with Crippen molar-refractivity contribution >= 4 is 18.0 Å². The Kier molecular flexibility index (Phi) is 5.20. The summed E-state index contributed by atoms with van der Waals surface area (Å²) in [6, 6.07) is 9.17. The molecule has 1 atom stereocenters. The maximum Gasteiger partial charge on any atom is 0.407 e. The van der Waals surface area contributed by atoms with Gasteiger partial charge in [0.05, 0.1) is 0 Å². The first kappa shape index (κ1) is 16.8. The van der Waals surface area contributed by atoms with Gasteiger partial charge in [-0.25, -0.2) is 9.59 Å². The van der Waals surface area contributed by atoms with E-state index in [1.165, 1.54) is 11.8 Å². The lowest BCUT2D eigenvalue weighted by atomic mass is 9.99. The van der Waals surface area contributed by atoms with E-state index in [9.17, 15) is 19.5 Å². The van der Waals surface area contributed by atoms with Gasteiger partial charge in [-0.3, -0.25) is 4.79 Å². The first-order valence-electron chi connectivity index (χ1n) is 7.42. The highest BCUT2D eigenvalue weighted by atomic mass is 16.5. The van der Waals surface area contributed by atoms with Crippen LogP contribution in [0.2, 0.25) is 0 Å². The van der Waals surface area contributed by atoms with Gasteiger partial charge in [0.15, 0.2) is 0 Å². The van der Waals surface area contributed by atoms with Gasteiger partial charge in [0.2, 0.25) is 5.91 Å². The normalized spacial score (nSPS) is 20.1. The number of likely N-dealkylation sites (tertiary alicyclic amines) is 1. The molecule has 0 aromatic heterocycles. The van der Waals surface area contributed by atoms with Crippen molar-refractivity contribution < 1.29 is 24.2 Å². The van der Waals surface area contributed by atoms with E-state index in [0.717, 1.165) is 5.56 Å². The van der Waals surface area contributed by atoms with Gasteiger partial charge in [-0.15, -0.1) is 0 Å². The van der Waals surface area contributed by atoms with Gasteiger partial charge in [-0.2, -0.15) is 0 Å². The van der Waals surface area contributed by atoms with E-state index in [1.54, 1.807) is 0 Å². The summed E-state index contributed by atoms with van der Waals surface area (Å²) in [7, 11) is 0. The third-order valence-corrected chi connectivity index (χ3v) is 4.00. The van der Waals surface area contributed by atoms with Crippen LogP contribution in [0.5, 0.6) is 0 Å². The highest BCUT2D eigenvalue weighted by molar-refractivity contribution is 5.89. The number of hydrogen-bond acceptors (Lipinski definition) is 4. The molecule has 1 saturated heterocycles. The Morgan fingerprint density at radius 2 is 2.00 bits per heavy atom. The molecule has 2 N–H and O–H groups in total. The SMILES string of the molecule is CC1(C(=O)O)CCCN1C(=O)CNC(=O)OCc1ccccc1. The Hall–Kier alpha value is -2.57. The van der Waals surface area contributed by atoms with Crippen LogP contribution in [-0.4, -0.2) is 46.6 Å². The lowest BCUT2D eigenvalue weighted by Crippen LogP contribution is -2.53. The van der Waals surface area contributed by atoms with Crippen molar-refractivity contribution in [2.45, 2.75) is 31.9 Å². The van der Waals surface area contributed by atoms with Crippen LogP contribution in [0.4, 0.5) is 4.79 Å². The molecule has 2 rings (SSSR count). The number of carboxylic acid groups (broad SMARTS) is 1. The number of rotatable bonds is 5. The second-order valence-electron chi connectivity index (χ2n) is 5.64. The standard InChI is InChI=1S/C16H20N2O5/c1-16(14(20)21)8-5-9-18(16)13(19)10-17-15(22)23-11-12-6-3-2-4-7-12/h2-4,6-7H,5,8-11H2,1H3,(H,17,22)(H,20,21). The zero-order valence-corrected chi connectivity index (χ0v) is 12.9. The number of carboxylic acids is 1. The summed E-state index contributed by atoms with van der Waals surface area (Å²) >= 11 is 0. The van der Waals surface area contributed by atoms with Crippen LogP contribution < -0.4 is 5.32 Å². The van der Waals surface area contributed by atoms with Crippen LogP contribution in [0, 0.1) is 0 Å². The fraction of sp³-hybridized carbons (Fsp3) is 0.438. The Balaban J connectivity index is 1.80. The van der Waals surface area contributed by atoms with E-state index in [2.05, 4.69) is 5.32 Å². The summed E-state index contributed by atoms with van der Waals surface area (Å²) in [4.78, 5) is 36.4. The molecule has 124 valence electrons. The third-order valence-electron chi connectivity index (χ3n) is 4.00. The van der Waals surface area contributed by atoms with E-state index in [4.69, 9.17) is 4.74 Å². The molecule has 23 heavy (non-hydrogen) atoms. The molecule has 0 saturated carbocycles. The van der Waals surface area contributed by atoms with Crippen molar-refractivity contribution in [1.29, 1.82) is 0 Å². The monoisotopic (exact) mass is 320 g/mol. The zero-order chi connectivity index (χ0) is 16.9. The number of amides is 2. The van der Waals surface area contributed by atoms with Gasteiger partial charge in [0.25, 0.3) is 0 Å². The number of benzene rings is 1. The van der Waals surface area contributed by atoms with E-state index in [-0.39, 0.29) is 13.2 Å². The van der Waals surface area contributed by atoms with Crippen molar-refractivity contribution in [1.82, 2.24) is 10.2 Å². The van der Waals surface area contributed by atoms with Gasteiger partial charge >= 0.3 is 12.1 Å². The summed E-state index contributed by atoms with van der Waals surface area (Å²) in [5, 5.41) is 11.6. The van der Waals surface area contributed by atoms with Gasteiger partial charge in [-0.05, 0) is 25.3 Å². The largest absolute Gasteiger partial charge is 0.480 e. The topological polar surface area (TPSA) is 95.9 Å². The molecule has 7 nitrogen and oxygen atoms in total. The molecule has 0 radical (unpaired) electrons. The molecule has 1 fully saturated rings. The molecule has 2 amide bonds. The molecule has 1 aromatic carbocycles. The predicted octanol–water partition coefficient (Wildman–Crippen LogP) is 1.38. The van der Waals surface area contributed by atoms with Crippen LogP contribution in [0.15, 0.2) is 30.3 Å². The van der Waals surface area contributed by atoms with Gasteiger partial charge < -0.3 is 20.1 Å². The molecule has 1 aromatic rings. The third kappa shape index (κ3) is 4.00. The van der Waals surface area contributed by atoms with Crippen LogP contribution in [-0.2, 0) is 20.9 Å². The molecule has 1 heterocycles. The van der Waals surface area contributed by atoms with Crippen molar-refractivity contribution in [3.63, 3.8) is 0 Å². The molecule has 0 bridgehead atoms. The molecular formula is C16H20N2O5. The second kappa shape index (κ2) is 7.13. The fourth-order valence-electron chi connectivity index (χ4n) is 2.60. The molecule has 1 unspecified atom stereocenters. The molecule has 0 aliphatic carbocycles. The first-order chi connectivity index (χ1) is 10.9. The van der Waals surface area contributed by atoms with Crippen LogP contribution in [0.25, 0.3) is 0 Å². The minimum atomic E-state index is -1.20. The Morgan fingerprint density at radius 1 is 1.30 bits per heavy atom. The summed E-state index contributed by atoms with van der Waals surface area (Å²) in [5.41, 5.74) is -0.362. The van der Waals surface area contributed by atoms with Crippen molar-refractivity contribution in [2.24, 2.45) is 0 Å². The summed E-state index contributed by atoms with van der Waals surface area (Å²) in [6.45, 7) is 1.73. The highest BCUT2D eigenvalue weighted by Crippen LogP contribution is 2.29. The number of hydrogen-bond donors (Lipinski definition) is 2. The predicted molar refractivity (Wildman–Crippen MR) is 81.6 cm³/mol. The molecule has 1 aliphatic heterocycles. The number of carbonyl (C=O) groups excluding carboxylic acids is 2. The number of carbonyl (C=O) groups is 3. The summed E-state index contributed by atoms with van der Waals surface area (Å²) in [5.74, 6) is -1.46. The fourth-order valence-corrected chi connectivity index (χ4v) is 2.60. The number of nitrogens with zero attached hydrogens (tertiary/aromatic N) is 1. The van der Waals surface area contributed by atoms with Crippen molar-refractivity contribution in [3.8, 4) is 0 Å². The Morgan fingerprint density at radius 3 is 2.65 bits per heavy atom. The maximum absolute atomic E-state index is 12.1. The lowest BCUT2D eigenvalue weighted by Gasteiger charge is -2.31. The summed E-state index contributed by atoms with van der Waals surface area (Å²) in [6.07, 6.45) is 0.331. The molecule has 7 heteroatoms. The number of alkyl carbamates (subject to hydrolysis) is 1. The van der Waals surface area contributed by atoms with E-state index in [0.29, 0.717) is 19.4 Å². The second-order valence-corrected chi connectivity index (χ2v) is 5.64. The quantitative estimate of drug-likeness (QED) is 0.854.